The van der Waals surface area contributed by atoms with Crippen LogP contribution in [0.1, 0.15) is 45.3 Å². The van der Waals surface area contributed by atoms with Crippen LogP contribution in [0.15, 0.2) is 24.5 Å². The molecule has 86 valence electrons. The summed E-state index contributed by atoms with van der Waals surface area (Å²) in [6.07, 6.45) is 2.24. The second-order valence-electron chi connectivity index (χ2n) is 5.11. The zero-order valence-corrected chi connectivity index (χ0v) is 10.9. The van der Waals surface area contributed by atoms with Crippen LogP contribution in [0.4, 0.5) is 0 Å². The SMILES string of the molecule is Cc1ccc2c(c1)n(C(C)C)c[n+]2C(C)C. The zero-order valence-electron chi connectivity index (χ0n) is 10.9. The second kappa shape index (κ2) is 3.93. The van der Waals surface area contributed by atoms with Gasteiger partial charge in [-0.05, 0) is 52.3 Å². The van der Waals surface area contributed by atoms with Gasteiger partial charge < -0.3 is 0 Å². The van der Waals surface area contributed by atoms with Gasteiger partial charge in [-0.15, -0.1) is 0 Å². The molecule has 0 saturated carbocycles. The normalized spacial score (nSPS) is 11.9. The number of hydrogen-bond acceptors (Lipinski definition) is 0. The lowest BCUT2D eigenvalue weighted by Crippen LogP contribution is -2.34. The van der Waals surface area contributed by atoms with Gasteiger partial charge in [-0.3, -0.25) is 0 Å². The number of imidazole rings is 1. The minimum absolute atomic E-state index is 0.504. The first-order valence-corrected chi connectivity index (χ1v) is 6.03. The van der Waals surface area contributed by atoms with E-state index in [1.54, 1.807) is 0 Å². The fourth-order valence-electron chi connectivity index (χ4n) is 2.14. The predicted octanol–water partition coefficient (Wildman–Crippen LogP) is 3.40. The monoisotopic (exact) mass is 217 g/mol. The van der Waals surface area contributed by atoms with E-state index in [1.807, 2.05) is 0 Å². The average molecular weight is 217 g/mol. The van der Waals surface area contributed by atoms with Gasteiger partial charge in [0.05, 0.1) is 12.1 Å². The number of nitrogens with zero attached hydrogens (tertiary/aromatic N) is 2. The van der Waals surface area contributed by atoms with Crippen LogP contribution < -0.4 is 4.57 Å². The molecule has 0 fully saturated rings. The molecule has 0 radical (unpaired) electrons. The summed E-state index contributed by atoms with van der Waals surface area (Å²) < 4.78 is 4.69. The molecule has 0 aliphatic rings. The molecule has 16 heavy (non-hydrogen) atoms. The Kier molecular flexibility index (Phi) is 2.75. The summed E-state index contributed by atoms with van der Waals surface area (Å²) in [5.74, 6) is 0. The Morgan fingerprint density at radius 3 is 2.38 bits per heavy atom. The van der Waals surface area contributed by atoms with Crippen LogP contribution in [0.3, 0.4) is 0 Å². The lowest BCUT2D eigenvalue weighted by molar-refractivity contribution is -0.692. The molecule has 0 amide bonds. The van der Waals surface area contributed by atoms with Crippen LogP contribution in [0.2, 0.25) is 0 Å². The van der Waals surface area contributed by atoms with Crippen LogP contribution in [0, 0.1) is 6.92 Å². The third kappa shape index (κ3) is 1.73. The van der Waals surface area contributed by atoms with Gasteiger partial charge in [-0.1, -0.05) is 6.07 Å². The van der Waals surface area contributed by atoms with Crippen LogP contribution in [0.5, 0.6) is 0 Å². The fourth-order valence-corrected chi connectivity index (χ4v) is 2.14. The van der Waals surface area contributed by atoms with Crippen molar-refractivity contribution in [2.75, 3.05) is 0 Å². The summed E-state index contributed by atoms with van der Waals surface area (Å²) in [6.45, 7) is 11.1. The van der Waals surface area contributed by atoms with E-state index in [0.29, 0.717) is 12.1 Å². The van der Waals surface area contributed by atoms with Gasteiger partial charge in [0, 0.05) is 0 Å². The minimum atomic E-state index is 0.504. The summed E-state index contributed by atoms with van der Waals surface area (Å²) in [7, 11) is 0. The van der Waals surface area contributed by atoms with Crippen molar-refractivity contribution in [3.63, 3.8) is 0 Å². The number of benzene rings is 1. The van der Waals surface area contributed by atoms with Gasteiger partial charge in [0.15, 0.2) is 11.0 Å². The van der Waals surface area contributed by atoms with Crippen LogP contribution in [-0.2, 0) is 0 Å². The van der Waals surface area contributed by atoms with Crippen molar-refractivity contribution in [1.29, 1.82) is 0 Å². The highest BCUT2D eigenvalue weighted by Crippen LogP contribution is 2.18. The van der Waals surface area contributed by atoms with Crippen molar-refractivity contribution in [2.45, 2.75) is 46.7 Å². The topological polar surface area (TPSA) is 8.81 Å². The Bertz CT molecular complexity index is 507. The molecule has 0 unspecified atom stereocenters. The average Bonchev–Trinajstić information content (AvgIpc) is 2.56. The fraction of sp³-hybridized carbons (Fsp3) is 0.500. The number of aromatic nitrogens is 2. The lowest BCUT2D eigenvalue weighted by Gasteiger charge is -2.00. The Hall–Kier alpha value is -1.31. The number of fused-ring (bicyclic) bond motifs is 1. The zero-order chi connectivity index (χ0) is 11.9. The molecule has 1 aromatic carbocycles. The maximum atomic E-state index is 2.35. The summed E-state index contributed by atoms with van der Waals surface area (Å²) in [4.78, 5) is 0. The van der Waals surface area contributed by atoms with Crippen LogP contribution in [0.25, 0.3) is 11.0 Å². The Labute approximate surface area is 97.5 Å². The first-order valence-electron chi connectivity index (χ1n) is 6.03. The van der Waals surface area contributed by atoms with Crippen LogP contribution in [-0.4, -0.2) is 4.57 Å². The predicted molar refractivity (Wildman–Crippen MR) is 67.6 cm³/mol. The molecular weight excluding hydrogens is 196 g/mol. The third-order valence-electron chi connectivity index (χ3n) is 3.05. The maximum Gasteiger partial charge on any atom is 0.245 e. The number of aryl methyl sites for hydroxylation is 1. The molecule has 0 spiro atoms. The van der Waals surface area contributed by atoms with E-state index in [4.69, 9.17) is 0 Å². The van der Waals surface area contributed by atoms with Gasteiger partial charge in [0.1, 0.15) is 0 Å². The molecule has 0 saturated heterocycles. The van der Waals surface area contributed by atoms with Gasteiger partial charge in [0.2, 0.25) is 6.33 Å². The van der Waals surface area contributed by atoms with E-state index in [1.165, 1.54) is 16.6 Å². The van der Waals surface area contributed by atoms with E-state index in [0.717, 1.165) is 0 Å². The van der Waals surface area contributed by atoms with Crippen molar-refractivity contribution >= 4 is 11.0 Å². The number of rotatable bonds is 2. The largest absolute Gasteiger partial charge is 0.245 e. The van der Waals surface area contributed by atoms with Crippen molar-refractivity contribution in [2.24, 2.45) is 0 Å². The Balaban J connectivity index is 2.76. The van der Waals surface area contributed by atoms with Crippen molar-refractivity contribution in [1.82, 2.24) is 4.57 Å². The van der Waals surface area contributed by atoms with E-state index < -0.39 is 0 Å². The minimum Gasteiger partial charge on any atom is -0.228 e. The van der Waals surface area contributed by atoms with Gasteiger partial charge in [0.25, 0.3) is 0 Å². The molecule has 0 N–H and O–H groups in total. The maximum absolute atomic E-state index is 2.35. The molecule has 0 aliphatic heterocycles. The highest BCUT2D eigenvalue weighted by Gasteiger charge is 2.19. The van der Waals surface area contributed by atoms with E-state index in [-0.39, 0.29) is 0 Å². The van der Waals surface area contributed by atoms with Crippen LogP contribution >= 0.6 is 0 Å². The smallest absolute Gasteiger partial charge is 0.228 e. The standard InChI is InChI=1S/C14H21N2/c1-10(2)15-9-16(11(3)4)14-8-12(5)6-7-13(14)15/h6-11H,1-5H3/q+1. The summed E-state index contributed by atoms with van der Waals surface area (Å²) in [6, 6.07) is 7.69. The summed E-state index contributed by atoms with van der Waals surface area (Å²) in [5, 5.41) is 0. The molecule has 0 atom stereocenters. The molecule has 2 rings (SSSR count). The molecule has 0 bridgehead atoms. The lowest BCUT2D eigenvalue weighted by atomic mass is 10.2. The Morgan fingerprint density at radius 2 is 1.81 bits per heavy atom. The molecule has 1 heterocycles. The first kappa shape index (κ1) is 11.2. The van der Waals surface area contributed by atoms with Gasteiger partial charge in [-0.25, -0.2) is 9.13 Å². The van der Waals surface area contributed by atoms with Gasteiger partial charge in [-0.2, -0.15) is 0 Å². The second-order valence-corrected chi connectivity index (χ2v) is 5.11. The molecule has 1 aromatic heterocycles. The highest BCUT2D eigenvalue weighted by atomic mass is 15.2. The molecular formula is C14H21N2+. The van der Waals surface area contributed by atoms with Gasteiger partial charge >= 0.3 is 0 Å². The highest BCUT2D eigenvalue weighted by molar-refractivity contribution is 5.73. The van der Waals surface area contributed by atoms with Crippen molar-refractivity contribution < 1.29 is 4.57 Å². The summed E-state index contributed by atoms with van der Waals surface area (Å²) >= 11 is 0. The van der Waals surface area contributed by atoms with Crippen molar-refractivity contribution in [3.05, 3.63) is 30.1 Å². The van der Waals surface area contributed by atoms with E-state index in [2.05, 4.69) is 68.3 Å². The molecule has 2 aromatic rings. The molecule has 2 heteroatoms. The quantitative estimate of drug-likeness (QED) is 0.682. The third-order valence-corrected chi connectivity index (χ3v) is 3.05. The number of hydrogen-bond donors (Lipinski definition) is 0. The molecule has 0 aliphatic carbocycles. The van der Waals surface area contributed by atoms with E-state index in [9.17, 15) is 0 Å². The Morgan fingerprint density at radius 1 is 1.12 bits per heavy atom. The first-order chi connectivity index (χ1) is 7.50. The van der Waals surface area contributed by atoms with E-state index >= 15 is 0 Å². The molecule has 2 nitrogen and oxygen atoms in total. The summed E-state index contributed by atoms with van der Waals surface area (Å²) in [5.41, 5.74) is 3.99. The van der Waals surface area contributed by atoms with Crippen molar-refractivity contribution in [3.8, 4) is 0 Å².